The third-order valence-corrected chi connectivity index (χ3v) is 3.00. The number of nitrogens with zero attached hydrogens (tertiary/aromatic N) is 1. The average molecular weight is 278 g/mol. The highest BCUT2D eigenvalue weighted by Gasteiger charge is 2.18. The normalized spacial score (nSPS) is 10.1. The number of halogens is 1. The molecule has 0 amide bonds. The Balaban J connectivity index is 2.53. The molecule has 0 unspecified atom stereocenters. The standard InChI is InChI=1S/C14H12ClNO3/c1-18-9-7-10(13(15)12(8-9)19-2)14(17)11-5-3-4-6-16-11/h3-8H,1-2H3. The Bertz CT molecular complexity index is 599. The summed E-state index contributed by atoms with van der Waals surface area (Å²) in [5, 5.41) is 0.249. The van der Waals surface area contributed by atoms with E-state index in [0.717, 1.165) is 0 Å². The fourth-order valence-electron chi connectivity index (χ4n) is 1.64. The molecule has 0 saturated carbocycles. The number of ketones is 1. The van der Waals surface area contributed by atoms with Crippen molar-refractivity contribution in [1.29, 1.82) is 0 Å². The second-order valence-electron chi connectivity index (χ2n) is 3.74. The van der Waals surface area contributed by atoms with E-state index in [0.29, 0.717) is 22.8 Å². The number of rotatable bonds is 4. The third-order valence-electron chi connectivity index (χ3n) is 2.61. The summed E-state index contributed by atoms with van der Waals surface area (Å²) in [5.74, 6) is 0.614. The van der Waals surface area contributed by atoms with E-state index in [2.05, 4.69) is 4.98 Å². The van der Waals surface area contributed by atoms with Crippen LogP contribution in [0.3, 0.4) is 0 Å². The first-order chi connectivity index (χ1) is 9.17. The second-order valence-corrected chi connectivity index (χ2v) is 4.11. The lowest BCUT2D eigenvalue weighted by Gasteiger charge is -2.10. The summed E-state index contributed by atoms with van der Waals surface area (Å²) in [6.07, 6.45) is 1.55. The number of benzene rings is 1. The van der Waals surface area contributed by atoms with Gasteiger partial charge in [-0.2, -0.15) is 0 Å². The molecule has 0 radical (unpaired) electrons. The summed E-state index contributed by atoms with van der Waals surface area (Å²) >= 11 is 6.15. The Morgan fingerprint density at radius 1 is 1.21 bits per heavy atom. The van der Waals surface area contributed by atoms with Crippen molar-refractivity contribution in [1.82, 2.24) is 4.98 Å². The van der Waals surface area contributed by atoms with Crippen molar-refractivity contribution >= 4 is 17.4 Å². The van der Waals surface area contributed by atoms with Gasteiger partial charge in [-0.1, -0.05) is 17.7 Å². The lowest BCUT2D eigenvalue weighted by molar-refractivity contribution is 0.103. The highest BCUT2D eigenvalue weighted by Crippen LogP contribution is 2.34. The third kappa shape index (κ3) is 2.69. The minimum absolute atomic E-state index is 0.249. The average Bonchev–Trinajstić information content (AvgIpc) is 2.47. The van der Waals surface area contributed by atoms with Gasteiger partial charge in [0.1, 0.15) is 17.2 Å². The van der Waals surface area contributed by atoms with E-state index in [1.807, 2.05) is 0 Å². The van der Waals surface area contributed by atoms with Gasteiger partial charge in [-0.15, -0.1) is 0 Å². The largest absolute Gasteiger partial charge is 0.497 e. The first-order valence-electron chi connectivity index (χ1n) is 5.54. The molecular weight excluding hydrogens is 266 g/mol. The fourth-order valence-corrected chi connectivity index (χ4v) is 1.91. The first kappa shape index (κ1) is 13.4. The molecule has 1 aromatic carbocycles. The molecule has 0 N–H and O–H groups in total. The van der Waals surface area contributed by atoms with Gasteiger partial charge in [-0.3, -0.25) is 9.78 Å². The number of pyridine rings is 1. The predicted molar refractivity (Wildman–Crippen MR) is 72.2 cm³/mol. The molecular formula is C14H12ClNO3. The van der Waals surface area contributed by atoms with Gasteiger partial charge in [-0.05, 0) is 18.2 Å². The molecule has 0 bridgehead atoms. The number of hydrogen-bond donors (Lipinski definition) is 0. The summed E-state index contributed by atoms with van der Waals surface area (Å²) in [7, 11) is 2.99. The van der Waals surface area contributed by atoms with Crippen LogP contribution in [0.1, 0.15) is 16.1 Å². The van der Waals surface area contributed by atoms with Crippen molar-refractivity contribution in [2.24, 2.45) is 0 Å². The second kappa shape index (κ2) is 5.71. The van der Waals surface area contributed by atoms with Gasteiger partial charge in [-0.25, -0.2) is 0 Å². The zero-order chi connectivity index (χ0) is 13.8. The summed E-state index contributed by atoms with van der Waals surface area (Å²) in [6.45, 7) is 0. The molecule has 98 valence electrons. The SMILES string of the molecule is COc1cc(OC)c(Cl)c(C(=O)c2ccccn2)c1. The molecule has 1 aromatic heterocycles. The van der Waals surface area contributed by atoms with E-state index in [1.54, 1.807) is 36.5 Å². The van der Waals surface area contributed by atoms with Gasteiger partial charge in [0.2, 0.25) is 5.78 Å². The lowest BCUT2D eigenvalue weighted by atomic mass is 10.1. The van der Waals surface area contributed by atoms with Gasteiger partial charge in [0, 0.05) is 12.3 Å². The number of ether oxygens (including phenoxy) is 2. The van der Waals surface area contributed by atoms with Crippen LogP contribution < -0.4 is 9.47 Å². The van der Waals surface area contributed by atoms with Crippen molar-refractivity contribution in [3.8, 4) is 11.5 Å². The summed E-state index contributed by atoms with van der Waals surface area (Å²) in [4.78, 5) is 16.4. The van der Waals surface area contributed by atoms with E-state index in [-0.39, 0.29) is 10.8 Å². The molecule has 0 spiro atoms. The van der Waals surface area contributed by atoms with E-state index in [4.69, 9.17) is 21.1 Å². The van der Waals surface area contributed by atoms with Crippen molar-refractivity contribution in [2.45, 2.75) is 0 Å². The monoisotopic (exact) mass is 277 g/mol. The summed E-state index contributed by atoms with van der Waals surface area (Å²) < 4.78 is 10.3. The maximum atomic E-state index is 12.3. The maximum absolute atomic E-state index is 12.3. The maximum Gasteiger partial charge on any atom is 0.213 e. The van der Waals surface area contributed by atoms with Crippen LogP contribution in [0.4, 0.5) is 0 Å². The molecule has 0 saturated heterocycles. The van der Waals surface area contributed by atoms with Crippen LogP contribution in [0.2, 0.25) is 5.02 Å². The quantitative estimate of drug-likeness (QED) is 0.806. The molecule has 0 aliphatic rings. The molecule has 0 aliphatic heterocycles. The molecule has 0 atom stereocenters. The zero-order valence-electron chi connectivity index (χ0n) is 10.5. The van der Waals surface area contributed by atoms with Crippen LogP contribution in [0, 0.1) is 0 Å². The van der Waals surface area contributed by atoms with Crippen molar-refractivity contribution in [2.75, 3.05) is 14.2 Å². The van der Waals surface area contributed by atoms with Gasteiger partial charge < -0.3 is 9.47 Å². The van der Waals surface area contributed by atoms with E-state index >= 15 is 0 Å². The molecule has 2 aromatic rings. The Morgan fingerprint density at radius 3 is 2.58 bits per heavy atom. The Labute approximate surface area is 115 Å². The van der Waals surface area contributed by atoms with E-state index in [9.17, 15) is 4.79 Å². The molecule has 0 aliphatic carbocycles. The number of carbonyl (C=O) groups is 1. The molecule has 19 heavy (non-hydrogen) atoms. The Kier molecular flexibility index (Phi) is 4.02. The van der Waals surface area contributed by atoms with Crippen LogP contribution in [0.15, 0.2) is 36.5 Å². The number of aromatic nitrogens is 1. The fraction of sp³-hybridized carbons (Fsp3) is 0.143. The summed E-state index contributed by atoms with van der Waals surface area (Å²) in [5.41, 5.74) is 0.622. The molecule has 0 fully saturated rings. The number of carbonyl (C=O) groups excluding carboxylic acids is 1. The van der Waals surface area contributed by atoms with E-state index in [1.165, 1.54) is 14.2 Å². The van der Waals surface area contributed by atoms with Crippen molar-refractivity contribution in [3.63, 3.8) is 0 Å². The highest BCUT2D eigenvalue weighted by molar-refractivity contribution is 6.36. The highest BCUT2D eigenvalue weighted by atomic mass is 35.5. The van der Waals surface area contributed by atoms with Gasteiger partial charge in [0.05, 0.1) is 24.8 Å². The van der Waals surface area contributed by atoms with Crippen LogP contribution in [-0.2, 0) is 0 Å². The molecule has 1 heterocycles. The van der Waals surface area contributed by atoms with Gasteiger partial charge >= 0.3 is 0 Å². The Morgan fingerprint density at radius 2 is 2.00 bits per heavy atom. The molecule has 5 heteroatoms. The van der Waals surface area contributed by atoms with Crippen molar-refractivity contribution < 1.29 is 14.3 Å². The lowest BCUT2D eigenvalue weighted by Crippen LogP contribution is -2.05. The number of hydrogen-bond acceptors (Lipinski definition) is 4. The predicted octanol–water partition coefficient (Wildman–Crippen LogP) is 2.98. The topological polar surface area (TPSA) is 48.4 Å². The van der Waals surface area contributed by atoms with Gasteiger partial charge in [0.15, 0.2) is 0 Å². The van der Waals surface area contributed by atoms with Crippen LogP contribution in [-0.4, -0.2) is 25.0 Å². The summed E-state index contributed by atoms with van der Waals surface area (Å²) in [6, 6.07) is 8.31. The van der Waals surface area contributed by atoms with Crippen LogP contribution in [0.25, 0.3) is 0 Å². The smallest absolute Gasteiger partial charge is 0.213 e. The van der Waals surface area contributed by atoms with Crippen molar-refractivity contribution in [3.05, 3.63) is 52.8 Å². The van der Waals surface area contributed by atoms with Gasteiger partial charge in [0.25, 0.3) is 0 Å². The first-order valence-corrected chi connectivity index (χ1v) is 5.92. The minimum atomic E-state index is -0.275. The minimum Gasteiger partial charge on any atom is -0.497 e. The zero-order valence-corrected chi connectivity index (χ0v) is 11.3. The van der Waals surface area contributed by atoms with Crippen LogP contribution >= 0.6 is 11.6 Å². The number of methoxy groups -OCH3 is 2. The molecule has 4 nitrogen and oxygen atoms in total. The molecule has 2 rings (SSSR count). The van der Waals surface area contributed by atoms with E-state index < -0.39 is 0 Å². The Hall–Kier alpha value is -2.07. The van der Waals surface area contributed by atoms with Crippen LogP contribution in [0.5, 0.6) is 11.5 Å².